The number of amides is 1. The van der Waals surface area contributed by atoms with E-state index in [0.717, 1.165) is 38.5 Å². The first-order chi connectivity index (χ1) is 42.0. The summed E-state index contributed by atoms with van der Waals surface area (Å²) in [5.74, 6) is 0.00327. The first kappa shape index (κ1) is 83.9. The molecule has 2 atom stereocenters. The van der Waals surface area contributed by atoms with Crippen molar-refractivity contribution in [3.8, 4) is 0 Å². The van der Waals surface area contributed by atoms with Crippen molar-refractivity contribution in [2.24, 2.45) is 0 Å². The monoisotopic (exact) mass is 1200 g/mol. The number of carbonyl (C=O) groups excluding carboxylic acids is 2. The fourth-order valence-electron chi connectivity index (χ4n) is 13.1. The molecular weight excluding hydrogens is 1040 g/mol. The number of carbonyl (C=O) groups is 2. The molecule has 0 fully saturated rings. The van der Waals surface area contributed by atoms with E-state index in [2.05, 4.69) is 19.2 Å². The largest absolute Gasteiger partial charge is 0.466 e. The summed E-state index contributed by atoms with van der Waals surface area (Å²) < 4.78 is 5.51. The van der Waals surface area contributed by atoms with E-state index in [1.54, 1.807) is 0 Å². The Kier molecular flexibility index (Phi) is 74.3. The van der Waals surface area contributed by atoms with Gasteiger partial charge in [-0.05, 0) is 25.7 Å². The van der Waals surface area contributed by atoms with Gasteiger partial charge in [-0.3, -0.25) is 9.59 Å². The fraction of sp³-hybridized carbons (Fsp3) is 0.975. The molecule has 0 saturated heterocycles. The molecule has 6 heteroatoms. The van der Waals surface area contributed by atoms with Gasteiger partial charge in [-0.1, -0.05) is 431 Å². The van der Waals surface area contributed by atoms with Crippen LogP contribution < -0.4 is 5.32 Å². The number of ether oxygens (including phenoxy) is 1. The number of unbranched alkanes of at least 4 members (excludes halogenated alkanes) is 65. The van der Waals surface area contributed by atoms with Gasteiger partial charge in [-0.15, -0.1) is 0 Å². The second kappa shape index (κ2) is 75.3. The Hall–Kier alpha value is -1.14. The maximum Gasteiger partial charge on any atom is 0.305 e. The molecular formula is C79H157NO5. The van der Waals surface area contributed by atoms with Crippen LogP contribution in [0.5, 0.6) is 0 Å². The molecule has 0 radical (unpaired) electrons. The number of aliphatic hydroxyl groups is 2. The van der Waals surface area contributed by atoms with Gasteiger partial charge in [0, 0.05) is 12.8 Å². The van der Waals surface area contributed by atoms with Gasteiger partial charge in [0.2, 0.25) is 5.91 Å². The number of nitrogens with one attached hydrogen (secondary N) is 1. The van der Waals surface area contributed by atoms with E-state index in [4.69, 9.17) is 4.74 Å². The Labute approximate surface area is 534 Å². The van der Waals surface area contributed by atoms with E-state index in [0.29, 0.717) is 25.9 Å². The average Bonchev–Trinajstić information content (AvgIpc) is 3.52. The van der Waals surface area contributed by atoms with Gasteiger partial charge >= 0.3 is 5.97 Å². The zero-order valence-corrected chi connectivity index (χ0v) is 58.4. The van der Waals surface area contributed by atoms with Crippen LogP contribution in [0.15, 0.2) is 0 Å². The third-order valence-electron chi connectivity index (χ3n) is 19.2. The number of esters is 1. The molecule has 0 aromatic carbocycles. The van der Waals surface area contributed by atoms with Gasteiger partial charge in [-0.25, -0.2) is 0 Å². The lowest BCUT2D eigenvalue weighted by atomic mass is 10.0. The van der Waals surface area contributed by atoms with Crippen LogP contribution >= 0.6 is 0 Å². The summed E-state index contributed by atoms with van der Waals surface area (Å²) in [5, 5.41) is 23.4. The van der Waals surface area contributed by atoms with Crippen LogP contribution in [-0.2, 0) is 14.3 Å². The maximum atomic E-state index is 12.5. The number of hydrogen-bond acceptors (Lipinski definition) is 5. The summed E-state index contributed by atoms with van der Waals surface area (Å²) in [4.78, 5) is 24.6. The van der Waals surface area contributed by atoms with Crippen LogP contribution in [0.25, 0.3) is 0 Å². The topological polar surface area (TPSA) is 95.9 Å². The van der Waals surface area contributed by atoms with Gasteiger partial charge in [0.25, 0.3) is 0 Å². The van der Waals surface area contributed by atoms with Gasteiger partial charge in [0.1, 0.15) is 0 Å². The molecule has 6 nitrogen and oxygen atoms in total. The minimum absolute atomic E-state index is 0.0250. The van der Waals surface area contributed by atoms with E-state index in [1.807, 2.05) is 0 Å². The van der Waals surface area contributed by atoms with Crippen molar-refractivity contribution >= 4 is 11.9 Å². The molecule has 85 heavy (non-hydrogen) atoms. The smallest absolute Gasteiger partial charge is 0.305 e. The molecule has 0 rings (SSSR count). The standard InChI is InChI=1S/C79H157NO5/c1-3-5-7-9-11-13-15-17-19-45-49-53-57-61-65-69-73-79(84)85-74-70-66-62-58-54-50-46-42-40-38-36-34-32-30-28-26-24-22-20-21-23-25-27-29-31-33-35-37-39-41-44-48-52-56-60-64-68-72-78(83)80-76(75-81)77(82)71-67-63-59-55-51-47-43-18-16-14-12-10-8-6-4-2/h76-77,81-82H,3-75H2,1-2H3,(H,80,83). The van der Waals surface area contributed by atoms with Crippen molar-refractivity contribution in [1.29, 1.82) is 0 Å². The first-order valence-corrected chi connectivity index (χ1v) is 39.8. The normalized spacial score (nSPS) is 12.4. The summed E-state index contributed by atoms with van der Waals surface area (Å²) in [6.07, 6.45) is 93.5. The highest BCUT2D eigenvalue weighted by atomic mass is 16.5. The Morgan fingerprint density at radius 2 is 0.482 bits per heavy atom. The average molecular weight is 1200 g/mol. The molecule has 0 aromatic rings. The van der Waals surface area contributed by atoms with E-state index in [9.17, 15) is 19.8 Å². The van der Waals surface area contributed by atoms with Crippen LogP contribution in [0.4, 0.5) is 0 Å². The lowest BCUT2D eigenvalue weighted by Crippen LogP contribution is -2.45. The van der Waals surface area contributed by atoms with Gasteiger partial charge in [0.15, 0.2) is 0 Å². The third kappa shape index (κ3) is 71.8. The molecule has 3 N–H and O–H groups in total. The Balaban J connectivity index is 3.27. The number of hydrogen-bond donors (Lipinski definition) is 3. The zero-order chi connectivity index (χ0) is 61.3. The van der Waals surface area contributed by atoms with Crippen LogP contribution in [0.2, 0.25) is 0 Å². The van der Waals surface area contributed by atoms with Crippen molar-refractivity contribution < 1.29 is 24.5 Å². The molecule has 0 aliphatic rings. The highest BCUT2D eigenvalue weighted by Crippen LogP contribution is 2.21. The fourth-order valence-corrected chi connectivity index (χ4v) is 13.1. The lowest BCUT2D eigenvalue weighted by molar-refractivity contribution is -0.143. The van der Waals surface area contributed by atoms with E-state index >= 15 is 0 Å². The zero-order valence-electron chi connectivity index (χ0n) is 58.4. The summed E-state index contributed by atoms with van der Waals surface area (Å²) in [6, 6.07) is -0.536. The third-order valence-corrected chi connectivity index (χ3v) is 19.2. The van der Waals surface area contributed by atoms with Crippen molar-refractivity contribution in [2.45, 2.75) is 482 Å². The predicted molar refractivity (Wildman–Crippen MR) is 375 cm³/mol. The minimum Gasteiger partial charge on any atom is -0.466 e. The summed E-state index contributed by atoms with van der Waals surface area (Å²) in [5.41, 5.74) is 0. The highest BCUT2D eigenvalue weighted by molar-refractivity contribution is 5.76. The van der Waals surface area contributed by atoms with Crippen LogP contribution in [0, 0.1) is 0 Å². The van der Waals surface area contributed by atoms with E-state index in [1.165, 1.54) is 398 Å². The van der Waals surface area contributed by atoms with Crippen LogP contribution in [0.1, 0.15) is 470 Å². The molecule has 2 unspecified atom stereocenters. The Bertz CT molecular complexity index is 1240. The lowest BCUT2D eigenvalue weighted by Gasteiger charge is -2.22. The molecule has 0 bridgehead atoms. The van der Waals surface area contributed by atoms with Crippen molar-refractivity contribution in [2.75, 3.05) is 13.2 Å². The van der Waals surface area contributed by atoms with Crippen LogP contribution in [-0.4, -0.2) is 47.4 Å². The number of rotatable bonds is 76. The van der Waals surface area contributed by atoms with Gasteiger partial charge in [0.05, 0.1) is 25.4 Å². The minimum atomic E-state index is -0.659. The Morgan fingerprint density at radius 1 is 0.282 bits per heavy atom. The van der Waals surface area contributed by atoms with E-state index < -0.39 is 12.1 Å². The molecule has 1 amide bonds. The predicted octanol–water partition coefficient (Wildman–Crippen LogP) is 26.1. The second-order valence-corrected chi connectivity index (χ2v) is 27.8. The highest BCUT2D eigenvalue weighted by Gasteiger charge is 2.20. The van der Waals surface area contributed by atoms with Gasteiger partial charge < -0.3 is 20.3 Å². The molecule has 0 spiro atoms. The quantitative estimate of drug-likeness (QED) is 0.0417. The molecule has 0 saturated carbocycles. The summed E-state index contributed by atoms with van der Waals surface area (Å²) in [6.45, 7) is 5.01. The summed E-state index contributed by atoms with van der Waals surface area (Å²) in [7, 11) is 0. The molecule has 508 valence electrons. The van der Waals surface area contributed by atoms with Crippen LogP contribution in [0.3, 0.4) is 0 Å². The van der Waals surface area contributed by atoms with Crippen molar-refractivity contribution in [1.82, 2.24) is 5.32 Å². The number of aliphatic hydroxyl groups excluding tert-OH is 2. The second-order valence-electron chi connectivity index (χ2n) is 27.8. The molecule has 0 aliphatic heterocycles. The summed E-state index contributed by atoms with van der Waals surface area (Å²) >= 11 is 0. The van der Waals surface area contributed by atoms with E-state index in [-0.39, 0.29) is 18.5 Å². The first-order valence-electron chi connectivity index (χ1n) is 39.8. The SMILES string of the molecule is CCCCCCCCCCCCCCCCCCC(=O)OCCCCCCCCCCCCCCCCCCCCCCCCCCCCCCCCCCCCCCCC(=O)NC(CO)C(O)CCCCCCCCCCCCCCCCC. The Morgan fingerprint density at radius 3 is 0.718 bits per heavy atom. The molecule has 0 heterocycles. The van der Waals surface area contributed by atoms with Crippen molar-refractivity contribution in [3.05, 3.63) is 0 Å². The molecule has 0 aromatic heterocycles. The van der Waals surface area contributed by atoms with Gasteiger partial charge in [-0.2, -0.15) is 0 Å². The van der Waals surface area contributed by atoms with Crippen molar-refractivity contribution in [3.63, 3.8) is 0 Å². The molecule has 0 aliphatic carbocycles. The maximum absolute atomic E-state index is 12.5.